The van der Waals surface area contributed by atoms with Crippen molar-refractivity contribution in [1.29, 1.82) is 0 Å². The van der Waals surface area contributed by atoms with Gasteiger partial charge in [-0.25, -0.2) is 4.57 Å². The molecule has 0 saturated heterocycles. The van der Waals surface area contributed by atoms with E-state index >= 15 is 0 Å². The highest BCUT2D eigenvalue weighted by atomic mass is 31.2. The Morgan fingerprint density at radius 1 is 0.536 bits per heavy atom. The van der Waals surface area contributed by atoms with E-state index in [1.807, 2.05) is 0 Å². The Bertz CT molecular complexity index is 1050. The molecule has 0 rings (SSSR count). The summed E-state index contributed by atoms with van der Waals surface area (Å²) >= 11 is 0. The fourth-order valence-corrected chi connectivity index (χ4v) is 6.89. The minimum absolute atomic E-state index is 0.158. The van der Waals surface area contributed by atoms with Gasteiger partial charge in [-0.3, -0.25) is 23.4 Å². The first-order chi connectivity index (χ1) is 27.1. The van der Waals surface area contributed by atoms with Crippen LogP contribution in [0.5, 0.6) is 0 Å². The molecule has 0 amide bonds. The molecule has 0 aliphatic carbocycles. The number of aliphatic carboxylic acids is 1. The molecule has 0 radical (unpaired) electrons. The second-order valence-corrected chi connectivity index (χ2v) is 16.6. The molecule has 0 aliphatic heterocycles. The molecule has 0 heterocycles. The van der Waals surface area contributed by atoms with Crippen LogP contribution in [0.2, 0.25) is 0 Å². The number of ether oxygens (including phenoxy) is 2. The lowest BCUT2D eigenvalue weighted by molar-refractivity contribution is -0.161. The molecular formula is C44H82NO10P. The molecule has 0 aromatic carbocycles. The fourth-order valence-electron chi connectivity index (χ4n) is 6.11. The van der Waals surface area contributed by atoms with E-state index in [-0.39, 0.29) is 19.4 Å². The van der Waals surface area contributed by atoms with Crippen molar-refractivity contribution in [3.8, 4) is 0 Å². The first-order valence-electron chi connectivity index (χ1n) is 22.4. The van der Waals surface area contributed by atoms with Crippen LogP contribution in [-0.4, -0.2) is 59.9 Å². The lowest BCUT2D eigenvalue weighted by atomic mass is 10.1. The van der Waals surface area contributed by atoms with E-state index < -0.39 is 51.1 Å². The molecule has 0 aromatic rings. The summed E-state index contributed by atoms with van der Waals surface area (Å²) in [4.78, 5) is 45.9. The minimum atomic E-state index is -4.72. The highest BCUT2D eigenvalue weighted by Gasteiger charge is 2.28. The van der Waals surface area contributed by atoms with Crippen molar-refractivity contribution in [1.82, 2.24) is 0 Å². The topological polar surface area (TPSA) is 172 Å². The van der Waals surface area contributed by atoms with Crippen molar-refractivity contribution in [2.45, 2.75) is 219 Å². The number of phosphoric ester groups is 1. The zero-order chi connectivity index (χ0) is 41.4. The first kappa shape index (κ1) is 54.0. The molecule has 3 atom stereocenters. The Morgan fingerprint density at radius 3 is 1.32 bits per heavy atom. The Hall–Kier alpha value is -2.04. The highest BCUT2D eigenvalue weighted by molar-refractivity contribution is 7.47. The largest absolute Gasteiger partial charge is 0.480 e. The van der Waals surface area contributed by atoms with Crippen molar-refractivity contribution < 1.29 is 47.5 Å². The second-order valence-electron chi connectivity index (χ2n) is 15.2. The zero-order valence-electron chi connectivity index (χ0n) is 35.5. The van der Waals surface area contributed by atoms with E-state index in [4.69, 9.17) is 24.8 Å². The van der Waals surface area contributed by atoms with E-state index in [0.29, 0.717) is 12.8 Å². The number of carbonyl (C=O) groups is 3. The standard InChI is InChI=1S/C44H82NO10P/c1-3-5-7-9-11-13-15-17-18-19-20-21-22-24-26-28-30-32-34-36-43(47)55-40(38-53-56(50,51)54-39-41(45)44(48)49)37-52-42(46)35-33-31-29-27-25-23-16-14-12-10-8-6-4-2/h17-18,23,25,40-41H,3-16,19-22,24,26-39,45H2,1-2H3,(H,48,49)(H,50,51)/b18-17+,25-23+/t40-,41-/m0/s1. The highest BCUT2D eigenvalue weighted by Crippen LogP contribution is 2.43. The monoisotopic (exact) mass is 816 g/mol. The van der Waals surface area contributed by atoms with Crippen LogP contribution in [0.3, 0.4) is 0 Å². The lowest BCUT2D eigenvalue weighted by Crippen LogP contribution is -2.34. The van der Waals surface area contributed by atoms with E-state index in [0.717, 1.165) is 44.9 Å². The Morgan fingerprint density at radius 2 is 0.893 bits per heavy atom. The van der Waals surface area contributed by atoms with Crippen molar-refractivity contribution >= 4 is 25.7 Å². The zero-order valence-corrected chi connectivity index (χ0v) is 36.4. The average molecular weight is 816 g/mol. The van der Waals surface area contributed by atoms with Crippen LogP contribution >= 0.6 is 7.82 Å². The minimum Gasteiger partial charge on any atom is -0.480 e. The number of unbranched alkanes of at least 4 members (excludes halogenated alkanes) is 24. The van der Waals surface area contributed by atoms with Gasteiger partial charge in [-0.2, -0.15) is 0 Å². The third-order valence-electron chi connectivity index (χ3n) is 9.67. The summed E-state index contributed by atoms with van der Waals surface area (Å²) in [6, 6.07) is -1.52. The number of phosphoric acid groups is 1. The molecule has 0 spiro atoms. The van der Waals surface area contributed by atoms with E-state index in [2.05, 4.69) is 42.7 Å². The van der Waals surface area contributed by atoms with Crippen molar-refractivity contribution in [3.63, 3.8) is 0 Å². The average Bonchev–Trinajstić information content (AvgIpc) is 3.17. The van der Waals surface area contributed by atoms with Crippen LogP contribution in [0.25, 0.3) is 0 Å². The third kappa shape index (κ3) is 38.8. The van der Waals surface area contributed by atoms with E-state index in [1.54, 1.807) is 0 Å². The molecule has 12 heteroatoms. The molecule has 0 fully saturated rings. The maximum absolute atomic E-state index is 12.6. The molecule has 0 bridgehead atoms. The number of hydrogen-bond acceptors (Lipinski definition) is 9. The van der Waals surface area contributed by atoms with Gasteiger partial charge in [0.05, 0.1) is 13.2 Å². The normalized spacial score (nSPS) is 13.9. The number of nitrogens with two attached hydrogens (primary N) is 1. The van der Waals surface area contributed by atoms with Gasteiger partial charge in [0.2, 0.25) is 0 Å². The van der Waals surface area contributed by atoms with Crippen LogP contribution < -0.4 is 5.73 Å². The van der Waals surface area contributed by atoms with Gasteiger partial charge in [-0.15, -0.1) is 0 Å². The van der Waals surface area contributed by atoms with Gasteiger partial charge in [0.15, 0.2) is 6.10 Å². The summed E-state index contributed by atoms with van der Waals surface area (Å²) in [6.07, 6.45) is 41.0. The quantitative estimate of drug-likeness (QED) is 0.0232. The van der Waals surface area contributed by atoms with Crippen molar-refractivity contribution in [3.05, 3.63) is 24.3 Å². The number of carbonyl (C=O) groups excluding carboxylic acids is 2. The van der Waals surface area contributed by atoms with Crippen molar-refractivity contribution in [2.24, 2.45) is 5.73 Å². The van der Waals surface area contributed by atoms with Crippen LogP contribution in [-0.2, 0) is 37.5 Å². The number of esters is 2. The van der Waals surface area contributed by atoms with Gasteiger partial charge in [0, 0.05) is 12.8 Å². The SMILES string of the molecule is CCCCCCCC/C=C/CCCCCCCCCCCC(=O)O[C@@H](COC(=O)CCCCC/C=C/CCCCCCCC)COP(=O)(O)OC[C@H](N)C(=O)O. The van der Waals surface area contributed by atoms with Crippen LogP contribution in [0, 0.1) is 0 Å². The Balaban J connectivity index is 4.33. The second kappa shape index (κ2) is 39.8. The number of carboxylic acids is 1. The van der Waals surface area contributed by atoms with Crippen LogP contribution in [0.4, 0.5) is 0 Å². The van der Waals surface area contributed by atoms with E-state index in [1.165, 1.54) is 122 Å². The molecule has 328 valence electrons. The summed E-state index contributed by atoms with van der Waals surface area (Å²) in [5, 5.41) is 8.89. The van der Waals surface area contributed by atoms with Gasteiger partial charge in [-0.05, 0) is 64.2 Å². The summed E-state index contributed by atoms with van der Waals surface area (Å²) in [6.45, 7) is 2.78. The van der Waals surface area contributed by atoms with Gasteiger partial charge in [0.1, 0.15) is 12.6 Å². The molecular weight excluding hydrogens is 733 g/mol. The molecule has 0 aliphatic rings. The fraction of sp³-hybridized carbons (Fsp3) is 0.841. The number of carboxylic acid groups (broad SMARTS) is 1. The predicted octanol–water partition coefficient (Wildman–Crippen LogP) is 11.8. The third-order valence-corrected chi connectivity index (χ3v) is 10.6. The Kier molecular flexibility index (Phi) is 38.3. The van der Waals surface area contributed by atoms with Gasteiger partial charge < -0.3 is 25.2 Å². The van der Waals surface area contributed by atoms with Crippen LogP contribution in [0.1, 0.15) is 206 Å². The summed E-state index contributed by atoms with van der Waals surface area (Å²) in [7, 11) is -4.72. The summed E-state index contributed by atoms with van der Waals surface area (Å²) in [5.41, 5.74) is 5.33. The number of hydrogen-bond donors (Lipinski definition) is 3. The van der Waals surface area contributed by atoms with Gasteiger partial charge >= 0.3 is 25.7 Å². The molecule has 4 N–H and O–H groups in total. The maximum atomic E-state index is 12.6. The molecule has 11 nitrogen and oxygen atoms in total. The van der Waals surface area contributed by atoms with Crippen molar-refractivity contribution in [2.75, 3.05) is 19.8 Å². The molecule has 0 saturated carbocycles. The lowest BCUT2D eigenvalue weighted by Gasteiger charge is -2.20. The molecule has 0 aromatic heterocycles. The Labute approximate surface area is 340 Å². The van der Waals surface area contributed by atoms with Gasteiger partial charge in [-0.1, -0.05) is 154 Å². The predicted molar refractivity (Wildman–Crippen MR) is 226 cm³/mol. The van der Waals surface area contributed by atoms with Crippen LogP contribution in [0.15, 0.2) is 24.3 Å². The van der Waals surface area contributed by atoms with Gasteiger partial charge in [0.25, 0.3) is 0 Å². The molecule has 56 heavy (non-hydrogen) atoms. The maximum Gasteiger partial charge on any atom is 0.472 e. The summed E-state index contributed by atoms with van der Waals surface area (Å²) in [5.74, 6) is -2.39. The molecule has 1 unspecified atom stereocenters. The first-order valence-corrected chi connectivity index (χ1v) is 23.9. The smallest absolute Gasteiger partial charge is 0.472 e. The summed E-state index contributed by atoms with van der Waals surface area (Å²) < 4.78 is 32.7. The number of rotatable bonds is 42. The van der Waals surface area contributed by atoms with E-state index in [9.17, 15) is 23.8 Å². The number of allylic oxidation sites excluding steroid dienone is 4.